The number of ether oxygens (including phenoxy) is 4. The topological polar surface area (TPSA) is 115 Å². The zero-order valence-electron chi connectivity index (χ0n) is 15.2. The zero-order valence-corrected chi connectivity index (χ0v) is 15.2. The molecule has 1 fully saturated rings. The summed E-state index contributed by atoms with van der Waals surface area (Å²) in [6, 6.07) is 8.22. The summed E-state index contributed by atoms with van der Waals surface area (Å²) in [7, 11) is 1.35. The molecule has 2 atom stereocenters. The SMILES string of the molecule is COc1cc(CC2(O)C(=O)OCC2Cc2ccc3c(c2)OCO3)cc(O)c1O. The molecule has 0 aromatic heterocycles. The van der Waals surface area contributed by atoms with Crippen LogP contribution in [-0.4, -0.2) is 47.4 Å². The Balaban J connectivity index is 1.59. The fraction of sp³-hybridized carbons (Fsp3) is 0.350. The molecule has 148 valence electrons. The second-order valence-corrected chi connectivity index (χ2v) is 6.95. The molecular formula is C20H20O8. The number of phenols is 2. The van der Waals surface area contributed by atoms with Crippen molar-refractivity contribution in [3.05, 3.63) is 41.5 Å². The summed E-state index contributed by atoms with van der Waals surface area (Å²) in [4.78, 5) is 12.3. The van der Waals surface area contributed by atoms with E-state index in [1.54, 1.807) is 6.07 Å². The zero-order chi connectivity index (χ0) is 19.9. The van der Waals surface area contributed by atoms with Crippen LogP contribution in [0, 0.1) is 5.92 Å². The van der Waals surface area contributed by atoms with Crippen molar-refractivity contribution in [1.29, 1.82) is 0 Å². The molecule has 0 spiro atoms. The van der Waals surface area contributed by atoms with Crippen molar-refractivity contribution < 1.29 is 39.1 Å². The van der Waals surface area contributed by atoms with Crippen molar-refractivity contribution in [2.45, 2.75) is 18.4 Å². The smallest absolute Gasteiger partial charge is 0.338 e. The molecule has 2 aliphatic rings. The normalized spacial score (nSPS) is 22.9. The van der Waals surface area contributed by atoms with Gasteiger partial charge in [0.2, 0.25) is 12.5 Å². The lowest BCUT2D eigenvalue weighted by Crippen LogP contribution is -2.44. The van der Waals surface area contributed by atoms with Gasteiger partial charge < -0.3 is 34.3 Å². The van der Waals surface area contributed by atoms with Crippen LogP contribution in [0.5, 0.6) is 28.7 Å². The van der Waals surface area contributed by atoms with Crippen molar-refractivity contribution in [1.82, 2.24) is 0 Å². The van der Waals surface area contributed by atoms with Gasteiger partial charge in [0, 0.05) is 12.3 Å². The van der Waals surface area contributed by atoms with Crippen molar-refractivity contribution in [3.8, 4) is 28.7 Å². The number of esters is 1. The minimum Gasteiger partial charge on any atom is -0.504 e. The number of aliphatic hydroxyl groups is 1. The number of hydrogen-bond donors (Lipinski definition) is 3. The highest BCUT2D eigenvalue weighted by Crippen LogP contribution is 2.40. The third-order valence-corrected chi connectivity index (χ3v) is 5.17. The third kappa shape index (κ3) is 3.05. The van der Waals surface area contributed by atoms with E-state index >= 15 is 0 Å². The average molecular weight is 388 g/mol. The summed E-state index contributed by atoms with van der Waals surface area (Å²) in [5, 5.41) is 30.8. The maximum Gasteiger partial charge on any atom is 0.338 e. The van der Waals surface area contributed by atoms with Crippen LogP contribution < -0.4 is 14.2 Å². The Kier molecular flexibility index (Phi) is 4.43. The Hall–Kier alpha value is -3.13. The summed E-state index contributed by atoms with van der Waals surface area (Å²) >= 11 is 0. The summed E-state index contributed by atoms with van der Waals surface area (Å²) < 4.78 is 20.8. The number of fused-ring (bicyclic) bond motifs is 1. The molecule has 4 rings (SSSR count). The fourth-order valence-corrected chi connectivity index (χ4v) is 3.62. The molecule has 0 aliphatic carbocycles. The first-order valence-electron chi connectivity index (χ1n) is 8.77. The van der Waals surface area contributed by atoms with Gasteiger partial charge in [0.1, 0.15) is 0 Å². The Labute approximate surface area is 160 Å². The summed E-state index contributed by atoms with van der Waals surface area (Å²) in [6.45, 7) is 0.241. The highest BCUT2D eigenvalue weighted by atomic mass is 16.7. The number of carbonyl (C=O) groups is 1. The van der Waals surface area contributed by atoms with Gasteiger partial charge in [-0.05, 0) is 41.8 Å². The highest BCUT2D eigenvalue weighted by Gasteiger charge is 2.51. The van der Waals surface area contributed by atoms with Crippen LogP contribution in [0.25, 0.3) is 0 Å². The lowest BCUT2D eigenvalue weighted by molar-refractivity contribution is -0.154. The molecule has 0 amide bonds. The van der Waals surface area contributed by atoms with E-state index in [9.17, 15) is 20.1 Å². The number of rotatable bonds is 5. The molecule has 2 heterocycles. The van der Waals surface area contributed by atoms with Crippen molar-refractivity contribution in [2.75, 3.05) is 20.5 Å². The summed E-state index contributed by atoms with van der Waals surface area (Å²) in [6.07, 6.45) is 0.297. The maximum atomic E-state index is 12.3. The van der Waals surface area contributed by atoms with E-state index < -0.39 is 29.0 Å². The first-order chi connectivity index (χ1) is 13.4. The van der Waals surface area contributed by atoms with Gasteiger partial charge in [-0.3, -0.25) is 0 Å². The van der Waals surface area contributed by atoms with E-state index in [-0.39, 0.29) is 25.6 Å². The van der Waals surface area contributed by atoms with Crippen molar-refractivity contribution >= 4 is 5.97 Å². The molecule has 2 unspecified atom stereocenters. The van der Waals surface area contributed by atoms with Gasteiger partial charge in [0.05, 0.1) is 13.7 Å². The van der Waals surface area contributed by atoms with Gasteiger partial charge in [0.25, 0.3) is 0 Å². The van der Waals surface area contributed by atoms with Gasteiger partial charge in [-0.2, -0.15) is 0 Å². The van der Waals surface area contributed by atoms with Gasteiger partial charge in [-0.15, -0.1) is 0 Å². The van der Waals surface area contributed by atoms with Crippen LogP contribution in [0.2, 0.25) is 0 Å². The minimum absolute atomic E-state index is 0.0530. The van der Waals surface area contributed by atoms with Crippen LogP contribution in [0.15, 0.2) is 30.3 Å². The maximum absolute atomic E-state index is 12.3. The first-order valence-corrected chi connectivity index (χ1v) is 8.77. The lowest BCUT2D eigenvalue weighted by atomic mass is 9.80. The Morgan fingerprint density at radius 1 is 1.11 bits per heavy atom. The first kappa shape index (κ1) is 18.2. The second kappa shape index (κ2) is 6.79. The van der Waals surface area contributed by atoms with Gasteiger partial charge in [0.15, 0.2) is 28.6 Å². The monoisotopic (exact) mass is 388 g/mol. The van der Waals surface area contributed by atoms with Crippen molar-refractivity contribution in [3.63, 3.8) is 0 Å². The molecule has 0 radical (unpaired) electrons. The number of carbonyl (C=O) groups excluding carboxylic acids is 1. The van der Waals surface area contributed by atoms with Crippen LogP contribution in [-0.2, 0) is 22.4 Å². The molecule has 0 bridgehead atoms. The van der Waals surface area contributed by atoms with Gasteiger partial charge >= 0.3 is 5.97 Å². The second-order valence-electron chi connectivity index (χ2n) is 6.95. The Morgan fingerprint density at radius 3 is 2.68 bits per heavy atom. The van der Waals surface area contributed by atoms with Crippen LogP contribution >= 0.6 is 0 Å². The number of cyclic esters (lactones) is 1. The van der Waals surface area contributed by atoms with Crippen LogP contribution in [0.1, 0.15) is 11.1 Å². The third-order valence-electron chi connectivity index (χ3n) is 5.17. The molecule has 2 aliphatic heterocycles. The molecule has 0 saturated carbocycles. The molecule has 8 nitrogen and oxygen atoms in total. The lowest BCUT2D eigenvalue weighted by Gasteiger charge is -2.26. The fourth-order valence-electron chi connectivity index (χ4n) is 3.62. The van der Waals surface area contributed by atoms with Crippen LogP contribution in [0.4, 0.5) is 0 Å². The van der Waals surface area contributed by atoms with E-state index in [4.69, 9.17) is 18.9 Å². The minimum atomic E-state index is -1.77. The highest BCUT2D eigenvalue weighted by molar-refractivity contribution is 5.82. The van der Waals surface area contributed by atoms with Gasteiger partial charge in [-0.25, -0.2) is 4.79 Å². The standard InChI is InChI=1S/C20H20O8/c1-25-17-7-12(5-14(21)18(17)22)8-20(24)13(9-26-19(20)23)4-11-2-3-15-16(6-11)28-10-27-15/h2-3,5-7,13,21-22,24H,4,8-10H2,1H3. The number of phenolic OH excluding ortho intramolecular Hbond substituents is 2. The van der Waals surface area contributed by atoms with E-state index in [1.807, 2.05) is 12.1 Å². The molecule has 8 heteroatoms. The summed E-state index contributed by atoms with van der Waals surface area (Å²) in [5.74, 6) is -0.672. The van der Waals surface area contributed by atoms with E-state index in [1.165, 1.54) is 19.2 Å². The predicted molar refractivity (Wildman–Crippen MR) is 95.7 cm³/mol. The molecule has 2 aromatic rings. The van der Waals surface area contributed by atoms with Crippen molar-refractivity contribution in [2.24, 2.45) is 5.92 Å². The molecule has 3 N–H and O–H groups in total. The number of methoxy groups -OCH3 is 1. The van der Waals surface area contributed by atoms with Gasteiger partial charge in [-0.1, -0.05) is 6.07 Å². The number of aromatic hydroxyl groups is 2. The number of benzene rings is 2. The molecule has 2 aromatic carbocycles. The molecule has 28 heavy (non-hydrogen) atoms. The quantitative estimate of drug-likeness (QED) is 0.522. The Bertz CT molecular complexity index is 925. The van der Waals surface area contributed by atoms with E-state index in [2.05, 4.69) is 0 Å². The predicted octanol–water partition coefficient (Wildman–Crippen LogP) is 1.52. The Morgan fingerprint density at radius 2 is 1.89 bits per heavy atom. The number of hydrogen-bond acceptors (Lipinski definition) is 8. The van der Waals surface area contributed by atoms with Crippen LogP contribution in [0.3, 0.4) is 0 Å². The van der Waals surface area contributed by atoms with E-state index in [0.717, 1.165) is 5.56 Å². The molecule has 1 saturated heterocycles. The summed E-state index contributed by atoms with van der Waals surface area (Å²) in [5.41, 5.74) is -0.466. The largest absolute Gasteiger partial charge is 0.504 e. The average Bonchev–Trinajstić information content (AvgIpc) is 3.24. The van der Waals surface area contributed by atoms with E-state index in [0.29, 0.717) is 23.5 Å². The molecular weight excluding hydrogens is 368 g/mol.